The second-order valence-corrected chi connectivity index (χ2v) is 7.66. The third kappa shape index (κ3) is 6.10. The predicted molar refractivity (Wildman–Crippen MR) is 103 cm³/mol. The lowest BCUT2D eigenvalue weighted by atomic mass is 9.94. The molecule has 0 heterocycles. The Morgan fingerprint density at radius 2 is 1.92 bits per heavy atom. The van der Waals surface area contributed by atoms with Crippen molar-refractivity contribution in [3.8, 4) is 0 Å². The van der Waals surface area contributed by atoms with E-state index in [4.69, 9.17) is 0 Å². The lowest BCUT2D eigenvalue weighted by Gasteiger charge is -2.31. The first-order valence-corrected chi connectivity index (χ1v) is 9.80. The maximum atomic E-state index is 12.2. The fraction of sp³-hybridized carbons (Fsp3) is 0.632. The largest absolute Gasteiger partial charge is 0.338 e. The number of rotatable bonds is 7. The topological polar surface area (TPSA) is 35.6 Å². The van der Waals surface area contributed by atoms with Gasteiger partial charge in [-0.25, -0.2) is 4.79 Å². The van der Waals surface area contributed by atoms with Gasteiger partial charge in [0.15, 0.2) is 0 Å². The number of benzene rings is 1. The third-order valence-corrected chi connectivity index (χ3v) is 5.65. The van der Waals surface area contributed by atoms with E-state index in [2.05, 4.69) is 33.2 Å². The molecule has 24 heavy (non-hydrogen) atoms. The van der Waals surface area contributed by atoms with Crippen LogP contribution in [0, 0.1) is 0 Å². The van der Waals surface area contributed by atoms with Crippen LogP contribution in [0.4, 0.5) is 4.79 Å². The number of carbonyl (C=O) groups excluding carboxylic acids is 1. The van der Waals surface area contributed by atoms with E-state index in [1.807, 2.05) is 31.3 Å². The molecule has 0 radical (unpaired) electrons. The third-order valence-electron chi connectivity index (χ3n) is 4.87. The van der Waals surface area contributed by atoms with Crippen LogP contribution >= 0.6 is 15.9 Å². The van der Waals surface area contributed by atoms with Gasteiger partial charge in [-0.3, -0.25) is 0 Å². The molecule has 0 bridgehead atoms. The van der Waals surface area contributed by atoms with Crippen molar-refractivity contribution >= 4 is 22.0 Å². The molecular formula is C19H30BrN3O. The Hall–Kier alpha value is -1.07. The van der Waals surface area contributed by atoms with Crippen molar-refractivity contribution in [3.63, 3.8) is 0 Å². The molecule has 1 aromatic carbocycles. The van der Waals surface area contributed by atoms with E-state index in [-0.39, 0.29) is 6.03 Å². The SMILES string of the molecule is CN(Cc1ccccc1Br)C(=O)NCCCN(C)C1CCCCC1. The number of halogens is 1. The van der Waals surface area contributed by atoms with Crippen LogP contribution in [-0.4, -0.2) is 49.1 Å². The second-order valence-electron chi connectivity index (χ2n) is 6.81. The molecule has 134 valence electrons. The number of nitrogens with one attached hydrogen (secondary N) is 1. The van der Waals surface area contributed by atoms with E-state index in [9.17, 15) is 4.79 Å². The van der Waals surface area contributed by atoms with Gasteiger partial charge in [-0.1, -0.05) is 53.4 Å². The summed E-state index contributed by atoms with van der Waals surface area (Å²) in [7, 11) is 4.06. The molecule has 1 saturated carbocycles. The lowest BCUT2D eigenvalue weighted by Crippen LogP contribution is -2.39. The van der Waals surface area contributed by atoms with Crippen LogP contribution in [0.1, 0.15) is 44.1 Å². The standard InChI is InChI=1S/C19H30BrN3O/c1-22(17-10-4-3-5-11-17)14-8-13-21-19(24)23(2)15-16-9-6-7-12-18(16)20/h6-7,9,12,17H,3-5,8,10-11,13-15H2,1-2H3,(H,21,24). The maximum absolute atomic E-state index is 12.2. The van der Waals surface area contributed by atoms with E-state index in [1.165, 1.54) is 32.1 Å². The molecule has 1 N–H and O–H groups in total. The van der Waals surface area contributed by atoms with Crippen molar-refractivity contribution < 1.29 is 4.79 Å². The highest BCUT2D eigenvalue weighted by Crippen LogP contribution is 2.21. The summed E-state index contributed by atoms with van der Waals surface area (Å²) in [5.41, 5.74) is 1.12. The lowest BCUT2D eigenvalue weighted by molar-refractivity contribution is 0.186. The molecule has 2 amide bonds. The Bertz CT molecular complexity index is 517. The zero-order valence-corrected chi connectivity index (χ0v) is 16.5. The van der Waals surface area contributed by atoms with Gasteiger partial charge in [-0.05, 0) is 44.5 Å². The van der Waals surface area contributed by atoms with E-state index < -0.39 is 0 Å². The maximum Gasteiger partial charge on any atom is 0.317 e. The molecule has 0 spiro atoms. The van der Waals surface area contributed by atoms with Gasteiger partial charge in [-0.2, -0.15) is 0 Å². The van der Waals surface area contributed by atoms with E-state index >= 15 is 0 Å². The van der Waals surface area contributed by atoms with Crippen LogP contribution in [0.2, 0.25) is 0 Å². The Kier molecular flexibility index (Phi) is 8.06. The summed E-state index contributed by atoms with van der Waals surface area (Å²) >= 11 is 3.53. The summed E-state index contributed by atoms with van der Waals surface area (Å²) in [6.07, 6.45) is 7.79. The van der Waals surface area contributed by atoms with Gasteiger partial charge < -0.3 is 15.1 Å². The molecular weight excluding hydrogens is 366 g/mol. The summed E-state index contributed by atoms with van der Waals surface area (Å²) in [4.78, 5) is 16.4. The van der Waals surface area contributed by atoms with Crippen LogP contribution in [-0.2, 0) is 6.54 Å². The molecule has 4 nitrogen and oxygen atoms in total. The highest BCUT2D eigenvalue weighted by Gasteiger charge is 2.17. The molecule has 5 heteroatoms. The number of nitrogens with zero attached hydrogens (tertiary/aromatic N) is 2. The first-order chi connectivity index (χ1) is 11.6. The number of hydrogen-bond donors (Lipinski definition) is 1. The summed E-state index contributed by atoms with van der Waals surface area (Å²) in [5, 5.41) is 3.03. The molecule has 1 fully saturated rings. The molecule has 1 aromatic rings. The summed E-state index contributed by atoms with van der Waals surface area (Å²) in [5.74, 6) is 0. The molecule has 0 atom stereocenters. The minimum absolute atomic E-state index is 0.00827. The molecule has 1 aliphatic carbocycles. The molecule has 0 aliphatic heterocycles. The highest BCUT2D eigenvalue weighted by molar-refractivity contribution is 9.10. The van der Waals surface area contributed by atoms with Crippen molar-refractivity contribution in [1.29, 1.82) is 0 Å². The van der Waals surface area contributed by atoms with E-state index in [1.54, 1.807) is 4.90 Å². The van der Waals surface area contributed by atoms with Gasteiger partial charge in [0.1, 0.15) is 0 Å². The van der Waals surface area contributed by atoms with Gasteiger partial charge in [0, 0.05) is 30.7 Å². The smallest absolute Gasteiger partial charge is 0.317 e. The zero-order valence-electron chi connectivity index (χ0n) is 14.9. The molecule has 0 aromatic heterocycles. The Balaban J connectivity index is 1.64. The fourth-order valence-electron chi connectivity index (χ4n) is 3.32. The molecule has 0 unspecified atom stereocenters. The molecule has 1 aliphatic rings. The highest BCUT2D eigenvalue weighted by atomic mass is 79.9. The second kappa shape index (κ2) is 10.0. The summed E-state index contributed by atoms with van der Waals surface area (Å²) in [6, 6.07) is 8.75. The van der Waals surface area contributed by atoms with Gasteiger partial charge in [0.2, 0.25) is 0 Å². The number of urea groups is 1. The predicted octanol–water partition coefficient (Wildman–Crippen LogP) is 4.25. The van der Waals surface area contributed by atoms with Gasteiger partial charge in [-0.15, -0.1) is 0 Å². The average Bonchev–Trinajstić information content (AvgIpc) is 2.61. The van der Waals surface area contributed by atoms with Crippen LogP contribution < -0.4 is 5.32 Å². The van der Waals surface area contributed by atoms with E-state index in [0.717, 1.165) is 35.6 Å². The number of carbonyl (C=O) groups is 1. The molecule has 0 saturated heterocycles. The van der Waals surface area contributed by atoms with Gasteiger partial charge >= 0.3 is 6.03 Å². The quantitative estimate of drug-likeness (QED) is 0.700. The zero-order chi connectivity index (χ0) is 17.4. The number of amides is 2. The minimum Gasteiger partial charge on any atom is -0.338 e. The Morgan fingerprint density at radius 3 is 2.62 bits per heavy atom. The van der Waals surface area contributed by atoms with Crippen molar-refractivity contribution in [2.24, 2.45) is 0 Å². The first kappa shape index (κ1) is 19.3. The normalized spacial score (nSPS) is 15.5. The van der Waals surface area contributed by atoms with Crippen LogP contribution in [0.25, 0.3) is 0 Å². The average molecular weight is 396 g/mol. The van der Waals surface area contributed by atoms with Gasteiger partial charge in [0.25, 0.3) is 0 Å². The summed E-state index contributed by atoms with van der Waals surface area (Å²) in [6.45, 7) is 2.39. The van der Waals surface area contributed by atoms with Crippen molar-refractivity contribution in [2.45, 2.75) is 51.1 Å². The number of hydrogen-bond acceptors (Lipinski definition) is 2. The Morgan fingerprint density at radius 1 is 1.21 bits per heavy atom. The summed E-state index contributed by atoms with van der Waals surface area (Å²) < 4.78 is 1.04. The Labute approximate surface area is 154 Å². The van der Waals surface area contributed by atoms with Crippen molar-refractivity contribution in [1.82, 2.24) is 15.1 Å². The molecule has 2 rings (SSSR count). The minimum atomic E-state index is -0.00827. The first-order valence-electron chi connectivity index (χ1n) is 9.00. The van der Waals surface area contributed by atoms with Gasteiger partial charge in [0.05, 0.1) is 0 Å². The van der Waals surface area contributed by atoms with Crippen LogP contribution in [0.3, 0.4) is 0 Å². The fourth-order valence-corrected chi connectivity index (χ4v) is 3.73. The van der Waals surface area contributed by atoms with Crippen LogP contribution in [0.5, 0.6) is 0 Å². The van der Waals surface area contributed by atoms with E-state index in [0.29, 0.717) is 6.54 Å². The monoisotopic (exact) mass is 395 g/mol. The van der Waals surface area contributed by atoms with Crippen molar-refractivity contribution in [3.05, 3.63) is 34.3 Å². The van der Waals surface area contributed by atoms with Crippen LogP contribution in [0.15, 0.2) is 28.7 Å². The van der Waals surface area contributed by atoms with Crippen molar-refractivity contribution in [2.75, 3.05) is 27.2 Å².